The van der Waals surface area contributed by atoms with Gasteiger partial charge in [-0.25, -0.2) is 0 Å². The van der Waals surface area contributed by atoms with E-state index >= 15 is 0 Å². The molecule has 0 atom stereocenters. The Morgan fingerprint density at radius 3 is 0.320 bits per heavy atom. The number of aliphatic carboxylic acids is 2. The number of hydrogen-bond donors (Lipinski definition) is 2. The Balaban J connectivity index is -0.00000137. The standard InChI is InChI=1S/6C18H36O2.Sn.Zn/c6*1-2-3-4-5-6-7-8-9-10-11-12-13-14-15-16-17-18(19)20;;/h6*2-17H2,1H3,(H,19,20);;/q;;;;;;+4;/p-4. The zero-order valence-corrected chi connectivity index (χ0v) is 88.9. The van der Waals surface area contributed by atoms with Gasteiger partial charge in [-0.15, -0.1) is 0 Å². The predicted molar refractivity (Wildman–Crippen MR) is 523 cm³/mol. The van der Waals surface area contributed by atoms with Crippen molar-refractivity contribution in [1.82, 2.24) is 0 Å². The molecule has 0 aliphatic rings. The first-order valence-electron chi connectivity index (χ1n) is 54.7. The number of carboxylic acids is 2. The summed E-state index contributed by atoms with van der Waals surface area (Å²) < 4.78 is 24.0. The van der Waals surface area contributed by atoms with Crippen LogP contribution >= 0.6 is 0 Å². The molecule has 122 heavy (non-hydrogen) atoms. The van der Waals surface area contributed by atoms with Crippen molar-refractivity contribution in [1.29, 1.82) is 0 Å². The first kappa shape index (κ1) is 127. The van der Waals surface area contributed by atoms with Gasteiger partial charge in [0.1, 0.15) is 0 Å². The van der Waals surface area contributed by atoms with Crippen LogP contribution in [0.5, 0.6) is 0 Å². The molecule has 14 heteroatoms. The molecule has 0 aromatic carbocycles. The van der Waals surface area contributed by atoms with Gasteiger partial charge >= 0.3 is 344 Å². The summed E-state index contributed by atoms with van der Waals surface area (Å²) in [5.74, 6) is -3.75. The minimum atomic E-state index is -5.92. The fourth-order valence-corrected chi connectivity index (χ4v) is 21.8. The monoisotopic (exact) mass is 1890 g/mol. The van der Waals surface area contributed by atoms with Gasteiger partial charge in [-0.3, -0.25) is 9.59 Å². The first-order chi connectivity index (χ1) is 59.4. The van der Waals surface area contributed by atoms with Crippen LogP contribution in [0.4, 0.5) is 0 Å². The van der Waals surface area contributed by atoms with E-state index in [2.05, 4.69) is 41.5 Å². The van der Waals surface area contributed by atoms with E-state index in [4.69, 9.17) is 22.5 Å². The van der Waals surface area contributed by atoms with Gasteiger partial charge in [-0.1, -0.05) is 375 Å². The van der Waals surface area contributed by atoms with Crippen LogP contribution < -0.4 is 0 Å². The normalized spacial score (nSPS) is 11.3. The van der Waals surface area contributed by atoms with Crippen molar-refractivity contribution in [2.24, 2.45) is 0 Å². The van der Waals surface area contributed by atoms with E-state index in [1.165, 1.54) is 449 Å². The second-order valence-corrected chi connectivity index (χ2v) is 42.6. The molecule has 0 saturated carbocycles. The maximum atomic E-state index is 13.7. The van der Waals surface area contributed by atoms with Crippen molar-refractivity contribution in [3.05, 3.63) is 0 Å². The first-order valence-corrected chi connectivity index (χ1v) is 59.3. The van der Waals surface area contributed by atoms with Crippen molar-refractivity contribution in [2.45, 2.75) is 658 Å². The van der Waals surface area contributed by atoms with Crippen molar-refractivity contribution in [3.8, 4) is 0 Å². The quantitative estimate of drug-likeness (QED) is 0.0435. The molecule has 0 saturated heterocycles. The molecule has 722 valence electrons. The van der Waals surface area contributed by atoms with Gasteiger partial charge in [-0.05, 0) is 12.8 Å². The number of rotatable bonds is 100. The van der Waals surface area contributed by atoms with Crippen molar-refractivity contribution >= 4 is 55.8 Å². The van der Waals surface area contributed by atoms with Crippen LogP contribution in [0.3, 0.4) is 0 Å². The van der Waals surface area contributed by atoms with E-state index in [9.17, 15) is 28.8 Å². The van der Waals surface area contributed by atoms with Gasteiger partial charge in [0.15, 0.2) is 0 Å². The minimum Gasteiger partial charge on any atom is -0.0654 e. The van der Waals surface area contributed by atoms with E-state index in [0.717, 1.165) is 103 Å². The maximum absolute atomic E-state index is 13.7. The molecule has 0 aromatic rings. The third-order valence-electron chi connectivity index (χ3n) is 24.9. The van der Waals surface area contributed by atoms with Gasteiger partial charge in [0.05, 0.1) is 0 Å². The summed E-state index contributed by atoms with van der Waals surface area (Å²) in [6.07, 6.45) is 114. The zero-order valence-electron chi connectivity index (χ0n) is 83.1. The van der Waals surface area contributed by atoms with Crippen molar-refractivity contribution in [3.63, 3.8) is 0 Å². The molecule has 0 unspecified atom stereocenters. The van der Waals surface area contributed by atoms with Crippen LogP contribution in [0.15, 0.2) is 0 Å². The number of carboxylic acid groups (broad SMARTS) is 2. The fraction of sp³-hybridized carbons (Fsp3) is 0.944. The van der Waals surface area contributed by atoms with Crippen LogP contribution in [0, 0.1) is 0 Å². The average molecular weight is 1890 g/mol. The summed E-state index contributed by atoms with van der Waals surface area (Å²) in [6, 6.07) is 0. The number of carbonyl (C=O) groups is 6. The summed E-state index contributed by atoms with van der Waals surface area (Å²) in [7, 11) is 0. The number of unbranched alkanes of at least 4 members (excludes halogenated alkanes) is 84. The molecule has 12 nitrogen and oxygen atoms in total. The van der Waals surface area contributed by atoms with Crippen LogP contribution in [0.1, 0.15) is 658 Å². The molecule has 0 aliphatic carbocycles. The SMILES string of the molecule is CCCCCCCCCCCCCCCCCC(=O)O.CCCCCCCCCCCCCCCCCC(=O)O.CCCCCCCCCCCCCCCCCC(=O)[O][Sn]([O]C(=O)CCCCCCCCCCCCCCCCC)([O]C(=O)CCCCCCCCCCCCCCCCC)[O]C(=O)CCCCCCCCCCCCCCCCC.[Zn]. The van der Waals surface area contributed by atoms with Gasteiger partial charge < -0.3 is 10.2 Å². The molecule has 0 amide bonds. The Bertz CT molecular complexity index is 1840. The van der Waals surface area contributed by atoms with Crippen molar-refractivity contribution < 1.29 is 70.8 Å². The van der Waals surface area contributed by atoms with Crippen LogP contribution in [0.25, 0.3) is 0 Å². The summed E-state index contributed by atoms with van der Waals surface area (Å²) in [4.78, 5) is 75.5. The molecule has 2 N–H and O–H groups in total. The molecule has 0 heterocycles. The predicted octanol–water partition coefficient (Wildman–Crippen LogP) is 37.3. The summed E-state index contributed by atoms with van der Waals surface area (Å²) in [5, 5.41) is 17.0. The summed E-state index contributed by atoms with van der Waals surface area (Å²) in [6.45, 7) is 13.6. The van der Waals surface area contributed by atoms with Gasteiger partial charge in [-0.2, -0.15) is 0 Å². The van der Waals surface area contributed by atoms with E-state index in [0.29, 0.717) is 38.5 Å². The molecular weight excluding hydrogens is 1670 g/mol. The zero-order chi connectivity index (χ0) is 88.7. The Morgan fingerprint density at radius 2 is 0.230 bits per heavy atom. The van der Waals surface area contributed by atoms with Crippen LogP contribution in [0.2, 0.25) is 0 Å². The second-order valence-electron chi connectivity index (χ2n) is 37.4. The van der Waals surface area contributed by atoms with Crippen LogP contribution in [-0.2, 0) is 60.5 Å². The summed E-state index contributed by atoms with van der Waals surface area (Å²) in [5.41, 5.74) is 0. The third-order valence-corrected chi connectivity index (χ3v) is 30.3. The average Bonchev–Trinajstić information content (AvgIpc) is 0.827. The molecule has 0 bridgehead atoms. The van der Waals surface area contributed by atoms with Gasteiger partial charge in [0.2, 0.25) is 0 Å². The Kier molecular flexibility index (Phi) is 116. The number of hydrogen-bond acceptors (Lipinski definition) is 10. The van der Waals surface area contributed by atoms with Gasteiger partial charge in [0.25, 0.3) is 0 Å². The van der Waals surface area contributed by atoms with E-state index < -0.39 is 55.8 Å². The Labute approximate surface area is 779 Å². The smallest absolute Gasteiger partial charge is 0.0654 e. The summed E-state index contributed by atoms with van der Waals surface area (Å²) >= 11 is -5.92. The Morgan fingerprint density at radius 1 is 0.148 bits per heavy atom. The number of carbonyl (C=O) groups excluding carboxylic acids is 4. The van der Waals surface area contributed by atoms with E-state index in [-0.39, 0.29) is 45.2 Å². The topological polar surface area (TPSA) is 180 Å². The molecule has 0 radical (unpaired) electrons. The molecule has 0 rings (SSSR count). The molecule has 0 aliphatic heterocycles. The van der Waals surface area contributed by atoms with Crippen molar-refractivity contribution in [2.75, 3.05) is 0 Å². The minimum absolute atomic E-state index is 0. The third kappa shape index (κ3) is 112. The van der Waals surface area contributed by atoms with Gasteiger partial charge in [0, 0.05) is 32.3 Å². The van der Waals surface area contributed by atoms with E-state index in [1.807, 2.05) is 0 Å². The molecule has 0 fully saturated rings. The molecule has 0 spiro atoms. The van der Waals surface area contributed by atoms with E-state index in [1.54, 1.807) is 0 Å². The Hall–Kier alpha value is -1.76. The second kappa shape index (κ2) is 112. The van der Waals surface area contributed by atoms with Crippen LogP contribution in [-0.4, -0.2) is 66.1 Å². The fourth-order valence-electron chi connectivity index (χ4n) is 16.7. The molecule has 0 aromatic heterocycles. The molecular formula is C108H212O12SnZn.